The Morgan fingerprint density at radius 2 is 1.96 bits per heavy atom. The number of sulfone groups is 1. The van der Waals surface area contributed by atoms with Gasteiger partial charge < -0.3 is 15.5 Å². The summed E-state index contributed by atoms with van der Waals surface area (Å²) in [6.07, 6.45) is 2.13. The average Bonchev–Trinajstić information content (AvgIpc) is 2.95. The Kier molecular flexibility index (Phi) is 5.34. The zero-order valence-electron chi connectivity index (χ0n) is 14.7. The van der Waals surface area contributed by atoms with E-state index in [0.717, 1.165) is 25.1 Å². The molecule has 138 valence electrons. The molecule has 7 heteroatoms. The van der Waals surface area contributed by atoms with Crippen LogP contribution >= 0.6 is 0 Å². The summed E-state index contributed by atoms with van der Waals surface area (Å²) in [6.45, 7) is 4.43. The predicted molar refractivity (Wildman–Crippen MR) is 99.6 cm³/mol. The van der Waals surface area contributed by atoms with E-state index in [1.807, 2.05) is 34.1 Å². The van der Waals surface area contributed by atoms with Crippen LogP contribution in [0.3, 0.4) is 0 Å². The number of hydrogen-bond acceptors (Lipinski definition) is 5. The Bertz CT molecular complexity index is 721. The first-order chi connectivity index (χ1) is 11.9. The van der Waals surface area contributed by atoms with Crippen LogP contribution in [0.4, 0.5) is 5.69 Å². The lowest BCUT2D eigenvalue weighted by molar-refractivity contribution is 0.0785. The minimum absolute atomic E-state index is 0.0144. The number of nitrogens with zero attached hydrogens (tertiary/aromatic N) is 2. The van der Waals surface area contributed by atoms with Crippen LogP contribution in [0.2, 0.25) is 0 Å². The zero-order chi connectivity index (χ0) is 18.0. The molecule has 0 unspecified atom stereocenters. The molecule has 2 heterocycles. The third-order valence-electron chi connectivity index (χ3n) is 5.24. The first-order valence-corrected chi connectivity index (χ1v) is 10.8. The van der Waals surface area contributed by atoms with Gasteiger partial charge in [0.05, 0.1) is 11.5 Å². The van der Waals surface area contributed by atoms with Crippen LogP contribution in [0, 0.1) is 5.92 Å². The molecule has 2 aliphatic heterocycles. The summed E-state index contributed by atoms with van der Waals surface area (Å²) in [5.74, 6) is 0.736. The summed E-state index contributed by atoms with van der Waals surface area (Å²) in [5, 5.41) is 0. The van der Waals surface area contributed by atoms with Crippen molar-refractivity contribution in [2.45, 2.75) is 25.8 Å². The van der Waals surface area contributed by atoms with Gasteiger partial charge in [-0.1, -0.05) is 19.4 Å². The summed E-state index contributed by atoms with van der Waals surface area (Å²) in [6, 6.07) is 7.55. The number of carbonyl (C=O) groups excluding carboxylic acids is 1. The van der Waals surface area contributed by atoms with Gasteiger partial charge in [-0.25, -0.2) is 8.42 Å². The van der Waals surface area contributed by atoms with Crippen LogP contribution < -0.4 is 10.6 Å². The molecule has 0 aliphatic carbocycles. The van der Waals surface area contributed by atoms with Crippen molar-refractivity contribution < 1.29 is 13.2 Å². The second-order valence-electron chi connectivity index (χ2n) is 7.11. The maximum atomic E-state index is 12.8. The highest BCUT2D eigenvalue weighted by Crippen LogP contribution is 2.24. The number of hydrogen-bond donors (Lipinski definition) is 1. The quantitative estimate of drug-likeness (QED) is 0.864. The number of nitrogens with two attached hydrogens (primary N) is 1. The Labute approximate surface area is 149 Å². The fourth-order valence-electron chi connectivity index (χ4n) is 3.73. The van der Waals surface area contributed by atoms with Gasteiger partial charge in [-0.3, -0.25) is 4.79 Å². The van der Waals surface area contributed by atoms with E-state index in [-0.39, 0.29) is 23.5 Å². The van der Waals surface area contributed by atoms with Gasteiger partial charge in [0, 0.05) is 43.5 Å². The van der Waals surface area contributed by atoms with Gasteiger partial charge in [-0.15, -0.1) is 0 Å². The van der Waals surface area contributed by atoms with E-state index >= 15 is 0 Å². The predicted octanol–water partition coefficient (Wildman–Crippen LogP) is 1.12. The van der Waals surface area contributed by atoms with Crippen LogP contribution in [0.1, 0.15) is 30.1 Å². The highest BCUT2D eigenvalue weighted by molar-refractivity contribution is 7.91. The molecule has 1 aromatic carbocycles. The number of anilines is 1. The Morgan fingerprint density at radius 1 is 1.24 bits per heavy atom. The van der Waals surface area contributed by atoms with Gasteiger partial charge in [0.15, 0.2) is 9.84 Å². The van der Waals surface area contributed by atoms with Crippen molar-refractivity contribution in [2.75, 3.05) is 42.6 Å². The third-order valence-corrected chi connectivity index (χ3v) is 6.85. The lowest BCUT2D eigenvalue weighted by Gasteiger charge is -2.29. The standard InChI is InChI=1S/C18H27N3O3S/c1-2-4-15-12-21(13-17(15)19)18(22)14-5-3-6-16(11-14)20-7-9-25(23,24)10-8-20/h3,5-6,11,15,17H,2,4,7-10,12-13,19H2,1H3/t15-,17-/m1/s1. The van der Waals surface area contributed by atoms with Gasteiger partial charge in [0.2, 0.25) is 0 Å². The monoisotopic (exact) mass is 365 g/mol. The van der Waals surface area contributed by atoms with Crippen LogP contribution in [-0.4, -0.2) is 63.0 Å². The second-order valence-corrected chi connectivity index (χ2v) is 9.42. The van der Waals surface area contributed by atoms with Gasteiger partial charge in [0.25, 0.3) is 5.91 Å². The van der Waals surface area contributed by atoms with Crippen LogP contribution in [0.15, 0.2) is 24.3 Å². The summed E-state index contributed by atoms with van der Waals surface area (Å²) in [4.78, 5) is 16.7. The molecule has 2 saturated heterocycles. The maximum Gasteiger partial charge on any atom is 0.253 e. The first kappa shape index (κ1) is 18.2. The molecule has 2 aliphatic rings. The number of carbonyl (C=O) groups is 1. The van der Waals surface area contributed by atoms with Crippen molar-refractivity contribution in [1.82, 2.24) is 4.90 Å². The summed E-state index contributed by atoms with van der Waals surface area (Å²) in [7, 11) is -2.91. The molecule has 1 amide bonds. The van der Waals surface area contributed by atoms with Crippen molar-refractivity contribution in [3.05, 3.63) is 29.8 Å². The summed E-state index contributed by atoms with van der Waals surface area (Å²) in [5.41, 5.74) is 7.74. The molecule has 0 spiro atoms. The topological polar surface area (TPSA) is 83.7 Å². The molecule has 25 heavy (non-hydrogen) atoms. The molecule has 2 atom stereocenters. The van der Waals surface area contributed by atoms with E-state index in [1.54, 1.807) is 0 Å². The van der Waals surface area contributed by atoms with E-state index in [2.05, 4.69) is 6.92 Å². The van der Waals surface area contributed by atoms with E-state index in [0.29, 0.717) is 31.1 Å². The molecule has 2 N–H and O–H groups in total. The van der Waals surface area contributed by atoms with Gasteiger partial charge in [-0.05, 0) is 30.5 Å². The van der Waals surface area contributed by atoms with E-state index in [9.17, 15) is 13.2 Å². The number of amides is 1. The normalized spacial score (nSPS) is 26.0. The Morgan fingerprint density at radius 3 is 2.64 bits per heavy atom. The maximum absolute atomic E-state index is 12.8. The number of rotatable bonds is 4. The SMILES string of the molecule is CCC[C@@H]1CN(C(=O)c2cccc(N3CCS(=O)(=O)CC3)c2)C[C@H]1N. The smallest absolute Gasteiger partial charge is 0.253 e. The zero-order valence-corrected chi connectivity index (χ0v) is 15.5. The Balaban J connectivity index is 1.70. The van der Waals surface area contributed by atoms with Gasteiger partial charge >= 0.3 is 0 Å². The fraction of sp³-hybridized carbons (Fsp3) is 0.611. The second kappa shape index (κ2) is 7.33. The number of likely N-dealkylation sites (tertiary alicyclic amines) is 1. The molecule has 3 rings (SSSR count). The highest BCUT2D eigenvalue weighted by Gasteiger charge is 2.32. The lowest BCUT2D eigenvalue weighted by atomic mass is 9.99. The van der Waals surface area contributed by atoms with Crippen LogP contribution in [0.5, 0.6) is 0 Å². The molecular formula is C18H27N3O3S. The molecule has 1 aromatic rings. The minimum Gasteiger partial charge on any atom is -0.369 e. The van der Waals surface area contributed by atoms with E-state index in [4.69, 9.17) is 5.73 Å². The largest absolute Gasteiger partial charge is 0.369 e. The third kappa shape index (κ3) is 4.15. The molecular weight excluding hydrogens is 338 g/mol. The highest BCUT2D eigenvalue weighted by atomic mass is 32.2. The van der Waals surface area contributed by atoms with Crippen molar-refractivity contribution in [3.8, 4) is 0 Å². The molecule has 6 nitrogen and oxygen atoms in total. The van der Waals surface area contributed by atoms with Crippen LogP contribution in [0.25, 0.3) is 0 Å². The molecule has 0 bridgehead atoms. The summed E-state index contributed by atoms with van der Waals surface area (Å²) >= 11 is 0. The Hall–Kier alpha value is -1.60. The van der Waals surface area contributed by atoms with E-state index in [1.165, 1.54) is 0 Å². The van der Waals surface area contributed by atoms with Crippen molar-refractivity contribution in [2.24, 2.45) is 11.7 Å². The molecule has 2 fully saturated rings. The average molecular weight is 365 g/mol. The lowest BCUT2D eigenvalue weighted by Crippen LogP contribution is -2.40. The van der Waals surface area contributed by atoms with Crippen molar-refractivity contribution in [3.63, 3.8) is 0 Å². The van der Waals surface area contributed by atoms with E-state index < -0.39 is 9.84 Å². The van der Waals surface area contributed by atoms with Crippen molar-refractivity contribution in [1.29, 1.82) is 0 Å². The molecule has 0 aromatic heterocycles. The minimum atomic E-state index is -2.91. The fourth-order valence-corrected chi connectivity index (χ4v) is 4.93. The van der Waals surface area contributed by atoms with Crippen molar-refractivity contribution >= 4 is 21.4 Å². The summed E-state index contributed by atoms with van der Waals surface area (Å²) < 4.78 is 23.2. The first-order valence-electron chi connectivity index (χ1n) is 9.00. The number of benzene rings is 1. The van der Waals surface area contributed by atoms with Gasteiger partial charge in [-0.2, -0.15) is 0 Å². The van der Waals surface area contributed by atoms with Gasteiger partial charge in [0.1, 0.15) is 0 Å². The molecule has 0 saturated carbocycles. The molecule has 0 radical (unpaired) electrons. The van der Waals surface area contributed by atoms with Crippen LogP contribution in [-0.2, 0) is 9.84 Å².